The number of aryl methyl sites for hydroxylation is 2. The smallest absolute Gasteiger partial charge is 0.126 e. The minimum atomic E-state index is -0.0999. The molecule has 2 aromatic rings. The van der Waals surface area contributed by atoms with E-state index in [-0.39, 0.29) is 5.82 Å². The highest BCUT2D eigenvalue weighted by Gasteiger charge is 2.21. The second-order valence-electron chi connectivity index (χ2n) is 4.84. The third kappa shape index (κ3) is 1.49. The van der Waals surface area contributed by atoms with Gasteiger partial charge in [-0.2, -0.15) is 0 Å². The van der Waals surface area contributed by atoms with Gasteiger partial charge in [0.05, 0.1) is 0 Å². The minimum Gasteiger partial charge on any atom is -0.343 e. The molecule has 0 amide bonds. The molecule has 0 atom stereocenters. The number of hydrogen-bond acceptors (Lipinski definition) is 1. The van der Waals surface area contributed by atoms with Gasteiger partial charge in [-0.1, -0.05) is 0 Å². The Morgan fingerprint density at radius 3 is 2.94 bits per heavy atom. The molecular weight excluding hydrogens is 215 g/mol. The van der Waals surface area contributed by atoms with Gasteiger partial charge in [-0.25, -0.2) is 4.39 Å². The monoisotopic (exact) mass is 232 g/mol. The highest BCUT2D eigenvalue weighted by atomic mass is 19.1. The molecule has 1 aromatic carbocycles. The first-order valence-electron chi connectivity index (χ1n) is 6.22. The van der Waals surface area contributed by atoms with Crippen molar-refractivity contribution in [3.05, 3.63) is 34.8 Å². The zero-order valence-electron chi connectivity index (χ0n) is 10.1. The standard InChI is InChI=1S/C14H17FN2/c1-9-7-14-11(8-12(9)15)10-3-2-4-13(10)17(14)6-5-16/h7-8H,2-6,16H2,1H3. The molecule has 1 aliphatic rings. The largest absolute Gasteiger partial charge is 0.343 e. The number of nitrogens with zero attached hydrogens (tertiary/aromatic N) is 1. The maximum Gasteiger partial charge on any atom is 0.126 e. The average Bonchev–Trinajstić information content (AvgIpc) is 2.85. The molecule has 0 spiro atoms. The summed E-state index contributed by atoms with van der Waals surface area (Å²) in [5, 5.41) is 1.09. The molecule has 0 unspecified atom stereocenters. The summed E-state index contributed by atoms with van der Waals surface area (Å²) in [5.41, 5.74) is 10.3. The van der Waals surface area contributed by atoms with Gasteiger partial charge in [0.25, 0.3) is 0 Å². The lowest BCUT2D eigenvalue weighted by molar-refractivity contribution is 0.619. The van der Waals surface area contributed by atoms with Gasteiger partial charge >= 0.3 is 0 Å². The van der Waals surface area contributed by atoms with Crippen molar-refractivity contribution in [3.63, 3.8) is 0 Å². The van der Waals surface area contributed by atoms with Crippen molar-refractivity contribution in [2.24, 2.45) is 5.73 Å². The SMILES string of the molecule is Cc1cc2c(cc1F)c1c(n2CCN)CCC1. The molecule has 2 nitrogen and oxygen atoms in total. The van der Waals surface area contributed by atoms with Gasteiger partial charge in [-0.3, -0.25) is 0 Å². The lowest BCUT2D eigenvalue weighted by atomic mass is 10.1. The van der Waals surface area contributed by atoms with Gasteiger partial charge in [0.2, 0.25) is 0 Å². The van der Waals surface area contributed by atoms with Crippen molar-refractivity contribution in [2.45, 2.75) is 32.7 Å². The molecule has 2 N–H and O–H groups in total. The zero-order chi connectivity index (χ0) is 12.0. The van der Waals surface area contributed by atoms with Crippen LogP contribution in [0.2, 0.25) is 0 Å². The molecule has 1 aliphatic carbocycles. The van der Waals surface area contributed by atoms with Crippen LogP contribution in [0.4, 0.5) is 4.39 Å². The summed E-state index contributed by atoms with van der Waals surface area (Å²) in [7, 11) is 0. The van der Waals surface area contributed by atoms with Crippen LogP contribution in [-0.4, -0.2) is 11.1 Å². The summed E-state index contributed by atoms with van der Waals surface area (Å²) in [4.78, 5) is 0. The Labute approximate surface area is 100 Å². The molecule has 0 fully saturated rings. The van der Waals surface area contributed by atoms with E-state index in [1.165, 1.54) is 17.7 Å². The first kappa shape index (κ1) is 10.8. The van der Waals surface area contributed by atoms with Crippen LogP contribution in [0.1, 0.15) is 23.2 Å². The fourth-order valence-corrected chi connectivity index (χ4v) is 2.98. The van der Waals surface area contributed by atoms with Crippen molar-refractivity contribution in [1.29, 1.82) is 0 Å². The van der Waals surface area contributed by atoms with E-state index in [9.17, 15) is 4.39 Å². The predicted octanol–water partition coefficient (Wildman–Crippen LogP) is 2.54. The normalized spacial score (nSPS) is 14.5. The van der Waals surface area contributed by atoms with Gasteiger partial charge in [0, 0.05) is 29.7 Å². The summed E-state index contributed by atoms with van der Waals surface area (Å²) in [6, 6.07) is 3.65. The molecular formula is C14H17FN2. The van der Waals surface area contributed by atoms with E-state index < -0.39 is 0 Å². The van der Waals surface area contributed by atoms with Crippen LogP contribution in [0.3, 0.4) is 0 Å². The quantitative estimate of drug-likeness (QED) is 0.847. The second-order valence-corrected chi connectivity index (χ2v) is 4.84. The molecule has 0 saturated heterocycles. The summed E-state index contributed by atoms with van der Waals surface area (Å²) < 4.78 is 16.0. The van der Waals surface area contributed by atoms with E-state index in [4.69, 9.17) is 5.73 Å². The lowest BCUT2D eigenvalue weighted by Crippen LogP contribution is -2.11. The fraction of sp³-hybridized carbons (Fsp3) is 0.429. The van der Waals surface area contributed by atoms with Crippen molar-refractivity contribution in [2.75, 3.05) is 6.54 Å². The van der Waals surface area contributed by atoms with E-state index in [0.717, 1.165) is 30.3 Å². The average molecular weight is 232 g/mol. The molecule has 90 valence electrons. The van der Waals surface area contributed by atoms with E-state index in [0.29, 0.717) is 12.1 Å². The maximum absolute atomic E-state index is 13.7. The van der Waals surface area contributed by atoms with Crippen LogP contribution in [0, 0.1) is 12.7 Å². The Morgan fingerprint density at radius 1 is 1.35 bits per heavy atom. The molecule has 0 bridgehead atoms. The molecule has 0 saturated carbocycles. The summed E-state index contributed by atoms with van der Waals surface area (Å²) >= 11 is 0. The van der Waals surface area contributed by atoms with E-state index >= 15 is 0 Å². The minimum absolute atomic E-state index is 0.0999. The topological polar surface area (TPSA) is 30.9 Å². The van der Waals surface area contributed by atoms with E-state index in [1.54, 1.807) is 6.07 Å². The van der Waals surface area contributed by atoms with Crippen molar-refractivity contribution in [1.82, 2.24) is 4.57 Å². The van der Waals surface area contributed by atoms with Crippen molar-refractivity contribution in [3.8, 4) is 0 Å². The van der Waals surface area contributed by atoms with Gasteiger partial charge in [0.15, 0.2) is 0 Å². The van der Waals surface area contributed by atoms with Gasteiger partial charge in [-0.05, 0) is 49.4 Å². The molecule has 17 heavy (non-hydrogen) atoms. The number of aromatic nitrogens is 1. The van der Waals surface area contributed by atoms with E-state index in [1.807, 2.05) is 13.0 Å². The van der Waals surface area contributed by atoms with E-state index in [2.05, 4.69) is 4.57 Å². The Kier molecular flexibility index (Phi) is 2.44. The number of halogens is 1. The van der Waals surface area contributed by atoms with Crippen LogP contribution >= 0.6 is 0 Å². The number of hydrogen-bond donors (Lipinski definition) is 1. The van der Waals surface area contributed by atoms with Crippen molar-refractivity contribution >= 4 is 10.9 Å². The third-order valence-electron chi connectivity index (χ3n) is 3.76. The number of fused-ring (bicyclic) bond motifs is 3. The van der Waals surface area contributed by atoms with Gasteiger partial charge in [0.1, 0.15) is 5.82 Å². The van der Waals surface area contributed by atoms with Crippen molar-refractivity contribution < 1.29 is 4.39 Å². The Morgan fingerprint density at radius 2 is 2.18 bits per heavy atom. The van der Waals surface area contributed by atoms with Crippen LogP contribution in [0.15, 0.2) is 12.1 Å². The van der Waals surface area contributed by atoms with Gasteiger partial charge < -0.3 is 10.3 Å². The zero-order valence-corrected chi connectivity index (χ0v) is 10.1. The van der Waals surface area contributed by atoms with Crippen LogP contribution < -0.4 is 5.73 Å². The molecule has 3 rings (SSSR count). The number of rotatable bonds is 2. The van der Waals surface area contributed by atoms with Crippen LogP contribution in [0.25, 0.3) is 10.9 Å². The van der Waals surface area contributed by atoms with Crippen LogP contribution in [-0.2, 0) is 19.4 Å². The summed E-state index contributed by atoms with van der Waals surface area (Å²) in [6.45, 7) is 3.28. The molecule has 0 aliphatic heterocycles. The first-order chi connectivity index (χ1) is 8.22. The summed E-state index contributed by atoms with van der Waals surface area (Å²) in [6.07, 6.45) is 3.36. The Balaban J connectivity index is 2.34. The Bertz CT molecular complexity index is 584. The molecule has 3 heteroatoms. The third-order valence-corrected chi connectivity index (χ3v) is 3.76. The highest BCUT2D eigenvalue weighted by Crippen LogP contribution is 2.34. The maximum atomic E-state index is 13.7. The van der Waals surface area contributed by atoms with Crippen LogP contribution in [0.5, 0.6) is 0 Å². The number of benzene rings is 1. The predicted molar refractivity (Wildman–Crippen MR) is 67.7 cm³/mol. The Hall–Kier alpha value is -1.35. The fourth-order valence-electron chi connectivity index (χ4n) is 2.98. The summed E-state index contributed by atoms with van der Waals surface area (Å²) in [5.74, 6) is -0.0999. The lowest BCUT2D eigenvalue weighted by Gasteiger charge is -2.08. The number of nitrogens with two attached hydrogens (primary N) is 1. The molecule has 0 radical (unpaired) electrons. The molecule has 1 aromatic heterocycles. The highest BCUT2D eigenvalue weighted by molar-refractivity contribution is 5.87. The molecule has 1 heterocycles. The van der Waals surface area contributed by atoms with Gasteiger partial charge in [-0.15, -0.1) is 0 Å². The first-order valence-corrected chi connectivity index (χ1v) is 6.22. The second kappa shape index (κ2) is 3.84.